The Kier molecular flexibility index (Phi) is 3.79. The molecule has 0 spiro atoms. The molecule has 92 valence electrons. The van der Waals surface area contributed by atoms with Crippen molar-refractivity contribution in [3.8, 4) is 0 Å². The molecule has 0 fully saturated rings. The lowest BCUT2D eigenvalue weighted by Crippen LogP contribution is -2.29. The van der Waals surface area contributed by atoms with Gasteiger partial charge in [-0.3, -0.25) is 15.6 Å². The third-order valence-electron chi connectivity index (χ3n) is 2.27. The smallest absolute Gasteiger partial charge is 0.272 e. The molecule has 0 heterocycles. The van der Waals surface area contributed by atoms with Gasteiger partial charge in [-0.25, -0.2) is 4.39 Å². The van der Waals surface area contributed by atoms with Gasteiger partial charge in [0, 0.05) is 5.02 Å². The molecule has 0 bridgehead atoms. The Balaban J connectivity index is 2.04. The van der Waals surface area contributed by atoms with Crippen molar-refractivity contribution in [3.05, 3.63) is 64.9 Å². The fourth-order valence-corrected chi connectivity index (χ4v) is 1.55. The number of carbonyl (C=O) groups is 1. The predicted molar refractivity (Wildman–Crippen MR) is 68.9 cm³/mol. The first-order valence-corrected chi connectivity index (χ1v) is 5.61. The first-order chi connectivity index (χ1) is 8.66. The summed E-state index contributed by atoms with van der Waals surface area (Å²) in [5, 5.41) is 0.250. The van der Waals surface area contributed by atoms with Crippen LogP contribution in [-0.2, 0) is 0 Å². The molecule has 2 aromatic carbocycles. The van der Waals surface area contributed by atoms with E-state index in [1.807, 2.05) is 18.2 Å². The highest BCUT2D eigenvalue weighted by atomic mass is 35.5. The van der Waals surface area contributed by atoms with Crippen LogP contribution in [0.25, 0.3) is 0 Å². The Morgan fingerprint density at radius 2 is 1.83 bits per heavy atom. The maximum atomic E-state index is 13.5. The van der Waals surface area contributed by atoms with Crippen LogP contribution in [0.3, 0.4) is 0 Å². The molecule has 18 heavy (non-hydrogen) atoms. The van der Waals surface area contributed by atoms with E-state index in [2.05, 4.69) is 10.9 Å². The van der Waals surface area contributed by atoms with Gasteiger partial charge in [-0.2, -0.15) is 0 Å². The molecule has 3 nitrogen and oxygen atoms in total. The van der Waals surface area contributed by atoms with E-state index in [-0.39, 0.29) is 10.6 Å². The van der Waals surface area contributed by atoms with Crippen LogP contribution in [0.1, 0.15) is 10.4 Å². The molecular formula is C13H10ClFN2O. The van der Waals surface area contributed by atoms with Crippen molar-refractivity contribution in [3.63, 3.8) is 0 Å². The zero-order chi connectivity index (χ0) is 13.0. The van der Waals surface area contributed by atoms with Crippen molar-refractivity contribution in [2.75, 3.05) is 5.43 Å². The molecule has 0 unspecified atom stereocenters. The number of rotatable bonds is 3. The minimum atomic E-state index is -0.658. The Morgan fingerprint density at radius 3 is 2.50 bits per heavy atom. The lowest BCUT2D eigenvalue weighted by atomic mass is 10.2. The number of hydrogen-bond acceptors (Lipinski definition) is 2. The first kappa shape index (κ1) is 12.4. The second-order valence-corrected chi connectivity index (χ2v) is 4.01. The summed E-state index contributed by atoms with van der Waals surface area (Å²) in [6.45, 7) is 0. The molecule has 0 atom stereocenters. The summed E-state index contributed by atoms with van der Waals surface area (Å²) in [7, 11) is 0. The fourth-order valence-electron chi connectivity index (χ4n) is 1.39. The molecule has 0 saturated heterocycles. The van der Waals surface area contributed by atoms with Gasteiger partial charge in [0.2, 0.25) is 0 Å². The van der Waals surface area contributed by atoms with Gasteiger partial charge in [-0.1, -0.05) is 29.8 Å². The van der Waals surface area contributed by atoms with E-state index in [4.69, 9.17) is 11.6 Å². The number of hydrogen-bond donors (Lipinski definition) is 2. The Bertz CT molecular complexity index is 560. The van der Waals surface area contributed by atoms with E-state index in [0.29, 0.717) is 5.69 Å². The number of amides is 1. The lowest BCUT2D eigenvalue weighted by Gasteiger charge is -2.08. The fraction of sp³-hybridized carbons (Fsp3) is 0. The minimum absolute atomic E-state index is 0.0668. The second kappa shape index (κ2) is 5.51. The van der Waals surface area contributed by atoms with E-state index in [1.54, 1.807) is 12.1 Å². The topological polar surface area (TPSA) is 41.1 Å². The van der Waals surface area contributed by atoms with Crippen molar-refractivity contribution in [1.82, 2.24) is 5.43 Å². The molecule has 5 heteroatoms. The molecular weight excluding hydrogens is 255 g/mol. The molecule has 2 aromatic rings. The predicted octanol–water partition coefficient (Wildman–Crippen LogP) is 3.24. The van der Waals surface area contributed by atoms with Gasteiger partial charge in [-0.05, 0) is 30.3 Å². The Hall–Kier alpha value is -2.07. The van der Waals surface area contributed by atoms with E-state index in [9.17, 15) is 9.18 Å². The number of para-hydroxylation sites is 1. The summed E-state index contributed by atoms with van der Waals surface area (Å²) >= 11 is 5.61. The van der Waals surface area contributed by atoms with Gasteiger partial charge in [0.05, 0.1) is 11.3 Å². The lowest BCUT2D eigenvalue weighted by molar-refractivity contribution is 0.0958. The Morgan fingerprint density at radius 1 is 1.11 bits per heavy atom. The largest absolute Gasteiger partial charge is 0.298 e. The normalized spacial score (nSPS) is 9.89. The third kappa shape index (κ3) is 2.99. The van der Waals surface area contributed by atoms with Gasteiger partial charge < -0.3 is 0 Å². The van der Waals surface area contributed by atoms with Crippen LogP contribution >= 0.6 is 11.6 Å². The monoisotopic (exact) mass is 264 g/mol. The van der Waals surface area contributed by atoms with Crippen molar-refractivity contribution in [2.24, 2.45) is 0 Å². The number of halogens is 2. The molecule has 0 aromatic heterocycles. The van der Waals surface area contributed by atoms with Crippen LogP contribution in [0.2, 0.25) is 5.02 Å². The van der Waals surface area contributed by atoms with E-state index < -0.39 is 11.7 Å². The average molecular weight is 265 g/mol. The first-order valence-electron chi connectivity index (χ1n) is 5.23. The summed E-state index contributed by atoms with van der Waals surface area (Å²) in [5.41, 5.74) is 5.73. The van der Waals surface area contributed by atoms with Gasteiger partial charge in [0.1, 0.15) is 5.82 Å². The highest BCUT2D eigenvalue weighted by Gasteiger charge is 2.11. The number of hydrazine groups is 1. The number of carbonyl (C=O) groups excluding carboxylic acids is 1. The van der Waals surface area contributed by atoms with Crippen molar-refractivity contribution >= 4 is 23.2 Å². The molecule has 0 aliphatic heterocycles. The molecule has 0 radical (unpaired) electrons. The van der Waals surface area contributed by atoms with Crippen LogP contribution in [0.15, 0.2) is 48.5 Å². The van der Waals surface area contributed by atoms with Crippen LogP contribution in [-0.4, -0.2) is 5.91 Å². The highest BCUT2D eigenvalue weighted by molar-refractivity contribution is 6.30. The van der Waals surface area contributed by atoms with Gasteiger partial charge in [0.15, 0.2) is 0 Å². The summed E-state index contributed by atoms with van der Waals surface area (Å²) in [5.74, 6) is -1.22. The summed E-state index contributed by atoms with van der Waals surface area (Å²) < 4.78 is 13.5. The van der Waals surface area contributed by atoms with E-state index >= 15 is 0 Å². The zero-order valence-electron chi connectivity index (χ0n) is 9.28. The van der Waals surface area contributed by atoms with Crippen LogP contribution in [0.4, 0.5) is 10.1 Å². The van der Waals surface area contributed by atoms with Gasteiger partial charge in [-0.15, -0.1) is 0 Å². The highest BCUT2D eigenvalue weighted by Crippen LogP contribution is 2.14. The van der Waals surface area contributed by atoms with Crippen LogP contribution < -0.4 is 10.9 Å². The van der Waals surface area contributed by atoms with Crippen molar-refractivity contribution in [2.45, 2.75) is 0 Å². The molecule has 0 saturated carbocycles. The molecule has 0 aliphatic rings. The van der Waals surface area contributed by atoms with Crippen LogP contribution in [0.5, 0.6) is 0 Å². The SMILES string of the molecule is O=C(NNc1ccccc1)c1ccc(Cl)cc1F. The average Bonchev–Trinajstić information content (AvgIpc) is 2.37. The molecule has 2 rings (SSSR count). The maximum absolute atomic E-state index is 13.5. The van der Waals surface area contributed by atoms with Crippen molar-refractivity contribution in [1.29, 1.82) is 0 Å². The molecule has 0 aliphatic carbocycles. The summed E-state index contributed by atoms with van der Waals surface area (Å²) in [6, 6.07) is 12.9. The van der Waals surface area contributed by atoms with Crippen molar-refractivity contribution < 1.29 is 9.18 Å². The number of anilines is 1. The van der Waals surface area contributed by atoms with E-state index in [0.717, 1.165) is 6.07 Å². The number of benzene rings is 2. The van der Waals surface area contributed by atoms with Gasteiger partial charge >= 0.3 is 0 Å². The Labute approximate surface area is 109 Å². The zero-order valence-corrected chi connectivity index (χ0v) is 10.0. The van der Waals surface area contributed by atoms with Gasteiger partial charge in [0.25, 0.3) is 5.91 Å². The molecule has 2 N–H and O–H groups in total. The summed E-state index contributed by atoms with van der Waals surface area (Å²) in [4.78, 5) is 11.7. The van der Waals surface area contributed by atoms with Crippen LogP contribution in [0, 0.1) is 5.82 Å². The quantitative estimate of drug-likeness (QED) is 0.836. The number of nitrogens with one attached hydrogen (secondary N) is 2. The third-order valence-corrected chi connectivity index (χ3v) is 2.51. The maximum Gasteiger partial charge on any atom is 0.272 e. The van der Waals surface area contributed by atoms with E-state index in [1.165, 1.54) is 12.1 Å². The standard InChI is InChI=1S/C13H10ClFN2O/c14-9-6-7-11(12(15)8-9)13(18)17-16-10-4-2-1-3-5-10/h1-8,16H,(H,17,18). The minimum Gasteiger partial charge on any atom is -0.298 e. The summed E-state index contributed by atoms with van der Waals surface area (Å²) in [6.07, 6.45) is 0. The molecule has 1 amide bonds. The second-order valence-electron chi connectivity index (χ2n) is 3.57.